The van der Waals surface area contributed by atoms with Crippen LogP contribution >= 0.6 is 0 Å². The van der Waals surface area contributed by atoms with Gasteiger partial charge in [-0.25, -0.2) is 0 Å². The van der Waals surface area contributed by atoms with E-state index in [9.17, 15) is 4.79 Å². The van der Waals surface area contributed by atoms with E-state index in [0.29, 0.717) is 6.61 Å². The zero-order chi connectivity index (χ0) is 16.7. The van der Waals surface area contributed by atoms with Crippen molar-refractivity contribution in [3.05, 3.63) is 60.2 Å². The maximum atomic E-state index is 12.0. The fourth-order valence-electron chi connectivity index (χ4n) is 2.11. The SMILES string of the molecule is CCC(C)C(N)C(=O)Nc1ccc(OCc2ccccc2)cc1. The molecule has 0 aliphatic carbocycles. The molecule has 0 saturated heterocycles. The van der Waals surface area contributed by atoms with Gasteiger partial charge >= 0.3 is 0 Å². The van der Waals surface area contributed by atoms with Crippen molar-refractivity contribution in [2.45, 2.75) is 32.9 Å². The largest absolute Gasteiger partial charge is 0.489 e. The lowest BCUT2D eigenvalue weighted by atomic mass is 9.99. The van der Waals surface area contributed by atoms with Crippen molar-refractivity contribution >= 4 is 11.6 Å². The summed E-state index contributed by atoms with van der Waals surface area (Å²) in [6.07, 6.45) is 0.876. The second kappa shape index (κ2) is 8.34. The first-order valence-electron chi connectivity index (χ1n) is 7.93. The van der Waals surface area contributed by atoms with Gasteiger partial charge in [-0.1, -0.05) is 50.6 Å². The highest BCUT2D eigenvalue weighted by Gasteiger charge is 2.19. The van der Waals surface area contributed by atoms with Gasteiger partial charge in [0.1, 0.15) is 12.4 Å². The lowest BCUT2D eigenvalue weighted by Gasteiger charge is -2.17. The topological polar surface area (TPSA) is 64.4 Å². The number of benzene rings is 2. The first kappa shape index (κ1) is 17.0. The molecular formula is C19H24N2O2. The maximum absolute atomic E-state index is 12.0. The summed E-state index contributed by atoms with van der Waals surface area (Å²) in [6, 6.07) is 16.8. The molecule has 0 bridgehead atoms. The predicted octanol–water partition coefficient (Wildman–Crippen LogP) is 3.58. The fourth-order valence-corrected chi connectivity index (χ4v) is 2.11. The standard InChI is InChI=1S/C19H24N2O2/c1-3-14(2)18(20)19(22)21-16-9-11-17(12-10-16)23-13-15-7-5-4-6-8-15/h4-12,14,18H,3,13,20H2,1-2H3,(H,21,22). The molecule has 23 heavy (non-hydrogen) atoms. The maximum Gasteiger partial charge on any atom is 0.241 e. The van der Waals surface area contributed by atoms with Crippen molar-refractivity contribution < 1.29 is 9.53 Å². The van der Waals surface area contributed by atoms with Crippen LogP contribution in [0, 0.1) is 5.92 Å². The van der Waals surface area contributed by atoms with Crippen LogP contribution in [0.4, 0.5) is 5.69 Å². The minimum absolute atomic E-state index is 0.155. The predicted molar refractivity (Wildman–Crippen MR) is 93.3 cm³/mol. The summed E-state index contributed by atoms with van der Waals surface area (Å²) in [5.41, 5.74) is 7.76. The van der Waals surface area contributed by atoms with Crippen molar-refractivity contribution in [3.8, 4) is 5.75 Å². The normalized spacial score (nSPS) is 13.2. The van der Waals surface area contributed by atoms with Crippen LogP contribution in [0.3, 0.4) is 0 Å². The van der Waals surface area contributed by atoms with E-state index in [2.05, 4.69) is 5.32 Å². The zero-order valence-corrected chi connectivity index (χ0v) is 13.7. The highest BCUT2D eigenvalue weighted by Crippen LogP contribution is 2.18. The van der Waals surface area contributed by atoms with Crippen LogP contribution in [0.25, 0.3) is 0 Å². The molecule has 0 fully saturated rings. The van der Waals surface area contributed by atoms with Gasteiger partial charge in [-0.3, -0.25) is 4.79 Å². The lowest BCUT2D eigenvalue weighted by Crippen LogP contribution is -2.40. The molecule has 0 aliphatic rings. The van der Waals surface area contributed by atoms with Gasteiger partial charge in [-0.2, -0.15) is 0 Å². The van der Waals surface area contributed by atoms with Gasteiger partial charge < -0.3 is 15.8 Å². The Bertz CT molecular complexity index is 611. The molecule has 0 aliphatic heterocycles. The Morgan fingerprint density at radius 2 is 1.78 bits per heavy atom. The van der Waals surface area contributed by atoms with Crippen molar-refractivity contribution in [3.63, 3.8) is 0 Å². The van der Waals surface area contributed by atoms with Crippen molar-refractivity contribution in [1.29, 1.82) is 0 Å². The highest BCUT2D eigenvalue weighted by molar-refractivity contribution is 5.94. The summed E-state index contributed by atoms with van der Waals surface area (Å²) >= 11 is 0. The van der Waals surface area contributed by atoms with Crippen LogP contribution in [0.15, 0.2) is 54.6 Å². The second-order valence-corrected chi connectivity index (χ2v) is 5.70. The van der Waals surface area contributed by atoms with Gasteiger partial charge in [-0.15, -0.1) is 0 Å². The molecule has 2 aromatic carbocycles. The van der Waals surface area contributed by atoms with Gasteiger partial charge in [-0.05, 0) is 35.7 Å². The van der Waals surface area contributed by atoms with E-state index in [0.717, 1.165) is 23.4 Å². The van der Waals surface area contributed by atoms with E-state index in [1.165, 1.54) is 0 Å². The molecule has 4 nitrogen and oxygen atoms in total. The molecule has 2 atom stereocenters. The van der Waals surface area contributed by atoms with Crippen molar-refractivity contribution in [2.24, 2.45) is 11.7 Å². The molecule has 0 radical (unpaired) electrons. The van der Waals surface area contributed by atoms with E-state index in [1.807, 2.05) is 68.4 Å². The molecular weight excluding hydrogens is 288 g/mol. The number of nitrogens with two attached hydrogens (primary N) is 1. The number of amides is 1. The van der Waals surface area contributed by atoms with E-state index in [1.54, 1.807) is 0 Å². The molecule has 1 amide bonds. The molecule has 4 heteroatoms. The summed E-state index contributed by atoms with van der Waals surface area (Å²) < 4.78 is 5.72. The zero-order valence-electron chi connectivity index (χ0n) is 13.7. The summed E-state index contributed by atoms with van der Waals surface area (Å²) in [4.78, 5) is 12.0. The van der Waals surface area contributed by atoms with Crippen LogP contribution in [-0.4, -0.2) is 11.9 Å². The molecule has 2 rings (SSSR count). The van der Waals surface area contributed by atoms with Crippen molar-refractivity contribution in [1.82, 2.24) is 0 Å². The average molecular weight is 312 g/mol. The molecule has 2 aromatic rings. The molecule has 2 unspecified atom stereocenters. The Balaban J connectivity index is 1.88. The number of ether oxygens (including phenoxy) is 1. The monoisotopic (exact) mass is 312 g/mol. The number of rotatable bonds is 7. The van der Waals surface area contributed by atoms with Gasteiger partial charge in [0.2, 0.25) is 5.91 Å². The molecule has 122 valence electrons. The van der Waals surface area contributed by atoms with Crippen molar-refractivity contribution in [2.75, 3.05) is 5.32 Å². The quantitative estimate of drug-likeness (QED) is 0.821. The second-order valence-electron chi connectivity index (χ2n) is 5.70. The first-order valence-corrected chi connectivity index (χ1v) is 7.93. The Labute approximate surface area is 137 Å². The number of nitrogens with one attached hydrogen (secondary N) is 1. The molecule has 0 aromatic heterocycles. The fraction of sp³-hybridized carbons (Fsp3) is 0.316. The lowest BCUT2D eigenvalue weighted by molar-refractivity contribution is -0.118. The number of hydrogen-bond donors (Lipinski definition) is 2. The number of carbonyl (C=O) groups is 1. The summed E-state index contributed by atoms with van der Waals surface area (Å²) in [5, 5.41) is 2.84. The van der Waals surface area contributed by atoms with Crippen LogP contribution in [-0.2, 0) is 11.4 Å². The minimum atomic E-state index is -0.492. The number of carbonyl (C=O) groups excluding carboxylic acids is 1. The van der Waals surface area contributed by atoms with Gasteiger partial charge in [0, 0.05) is 5.69 Å². The molecule has 0 saturated carbocycles. The summed E-state index contributed by atoms with van der Waals surface area (Å²) in [5.74, 6) is 0.763. The third-order valence-corrected chi connectivity index (χ3v) is 3.93. The van der Waals surface area contributed by atoms with Crippen LogP contribution in [0.2, 0.25) is 0 Å². The third-order valence-electron chi connectivity index (χ3n) is 3.93. The van der Waals surface area contributed by atoms with E-state index >= 15 is 0 Å². The third kappa shape index (κ3) is 5.11. The van der Waals surface area contributed by atoms with Crippen LogP contribution in [0.1, 0.15) is 25.8 Å². The number of anilines is 1. The smallest absolute Gasteiger partial charge is 0.241 e. The van der Waals surface area contributed by atoms with Gasteiger partial charge in [0.25, 0.3) is 0 Å². The van der Waals surface area contributed by atoms with Crippen LogP contribution < -0.4 is 15.8 Å². The van der Waals surface area contributed by atoms with E-state index in [-0.39, 0.29) is 11.8 Å². The average Bonchev–Trinajstić information content (AvgIpc) is 2.60. The van der Waals surface area contributed by atoms with Gasteiger partial charge in [0.05, 0.1) is 6.04 Å². The molecule has 0 heterocycles. The Morgan fingerprint density at radius 3 is 2.39 bits per heavy atom. The summed E-state index contributed by atoms with van der Waals surface area (Å²) in [6.45, 7) is 4.52. The number of hydrogen-bond acceptors (Lipinski definition) is 3. The molecule has 3 N–H and O–H groups in total. The highest BCUT2D eigenvalue weighted by atomic mass is 16.5. The van der Waals surface area contributed by atoms with E-state index in [4.69, 9.17) is 10.5 Å². The molecule has 0 spiro atoms. The minimum Gasteiger partial charge on any atom is -0.489 e. The van der Waals surface area contributed by atoms with E-state index < -0.39 is 6.04 Å². The first-order chi connectivity index (χ1) is 11.1. The Hall–Kier alpha value is -2.33. The Kier molecular flexibility index (Phi) is 6.18. The summed E-state index contributed by atoms with van der Waals surface area (Å²) in [7, 11) is 0. The Morgan fingerprint density at radius 1 is 1.13 bits per heavy atom. The van der Waals surface area contributed by atoms with Gasteiger partial charge in [0.15, 0.2) is 0 Å². The van der Waals surface area contributed by atoms with Crippen LogP contribution in [0.5, 0.6) is 5.75 Å².